The first kappa shape index (κ1) is 25.6. The van der Waals surface area contributed by atoms with Gasteiger partial charge in [-0.3, -0.25) is 24.1 Å². The maximum absolute atomic E-state index is 12.1. The van der Waals surface area contributed by atoms with E-state index in [1.165, 1.54) is 18.7 Å². The van der Waals surface area contributed by atoms with Crippen LogP contribution in [0.25, 0.3) is 0 Å². The molecule has 2 aromatic rings. The fourth-order valence-corrected chi connectivity index (χ4v) is 3.68. The number of anilines is 1. The number of carbonyl (C=O) groups is 5. The van der Waals surface area contributed by atoms with E-state index in [9.17, 15) is 24.0 Å². The summed E-state index contributed by atoms with van der Waals surface area (Å²) in [5.74, 6) is 0.282. The zero-order valence-electron chi connectivity index (χ0n) is 20.1. The molecule has 1 atom stereocenters. The molecular weight excluding hydrogens is 454 g/mol. The van der Waals surface area contributed by atoms with Gasteiger partial charge in [0.25, 0.3) is 5.91 Å². The van der Waals surface area contributed by atoms with E-state index in [0.29, 0.717) is 29.0 Å². The first-order valence-electron chi connectivity index (χ1n) is 11.2. The van der Waals surface area contributed by atoms with E-state index < -0.39 is 12.0 Å². The Balaban J connectivity index is 0.000000211. The lowest BCUT2D eigenvalue weighted by atomic mass is 10.0. The van der Waals surface area contributed by atoms with E-state index in [-0.39, 0.29) is 43.1 Å². The van der Waals surface area contributed by atoms with Crippen molar-refractivity contribution in [1.29, 1.82) is 0 Å². The van der Waals surface area contributed by atoms with Gasteiger partial charge in [-0.15, -0.1) is 0 Å². The SMILES string of the molecule is CC(=O)c1ccc2c(c1)CC(=O)CO2.CCOC(=O)C(C)N1C(=O)COc2ccc(C(C)=O)cc21. The quantitative estimate of drug-likeness (QED) is 0.473. The Morgan fingerprint density at radius 3 is 2.17 bits per heavy atom. The second kappa shape index (κ2) is 10.9. The molecule has 0 saturated heterocycles. The van der Waals surface area contributed by atoms with Gasteiger partial charge in [-0.2, -0.15) is 0 Å². The summed E-state index contributed by atoms with van der Waals surface area (Å²) in [6.07, 6.45) is 0.371. The number of ketones is 3. The van der Waals surface area contributed by atoms with Crippen molar-refractivity contribution in [3.8, 4) is 11.5 Å². The van der Waals surface area contributed by atoms with Crippen LogP contribution in [0.1, 0.15) is 54.0 Å². The molecule has 2 aliphatic heterocycles. The van der Waals surface area contributed by atoms with E-state index in [2.05, 4.69) is 0 Å². The number of esters is 1. The average molecular weight is 482 g/mol. The number of nitrogens with zero attached hydrogens (tertiary/aromatic N) is 1. The van der Waals surface area contributed by atoms with Crippen LogP contribution >= 0.6 is 0 Å². The average Bonchev–Trinajstić information content (AvgIpc) is 2.83. The molecule has 0 aliphatic carbocycles. The maximum Gasteiger partial charge on any atom is 0.328 e. The molecule has 1 amide bonds. The van der Waals surface area contributed by atoms with Gasteiger partial charge in [0.15, 0.2) is 24.0 Å². The smallest absolute Gasteiger partial charge is 0.328 e. The number of benzene rings is 2. The van der Waals surface area contributed by atoms with E-state index in [1.54, 1.807) is 50.2 Å². The zero-order chi connectivity index (χ0) is 25.7. The monoisotopic (exact) mass is 481 g/mol. The summed E-state index contributed by atoms with van der Waals surface area (Å²) < 4.78 is 15.5. The normalized spacial score (nSPS) is 14.8. The predicted octanol–water partition coefficient (Wildman–Crippen LogP) is 2.96. The molecule has 2 aromatic carbocycles. The Labute approximate surface area is 202 Å². The molecule has 0 bridgehead atoms. The third-order valence-corrected chi connectivity index (χ3v) is 5.50. The van der Waals surface area contributed by atoms with Crippen molar-refractivity contribution in [3.05, 3.63) is 53.1 Å². The van der Waals surface area contributed by atoms with Crippen LogP contribution in [-0.2, 0) is 25.5 Å². The molecule has 0 radical (unpaired) electrons. The lowest BCUT2D eigenvalue weighted by Gasteiger charge is -2.33. The molecule has 2 aliphatic rings. The molecule has 2 heterocycles. The van der Waals surface area contributed by atoms with Gasteiger partial charge < -0.3 is 14.2 Å². The third-order valence-electron chi connectivity index (χ3n) is 5.50. The second-order valence-electron chi connectivity index (χ2n) is 8.10. The van der Waals surface area contributed by atoms with Gasteiger partial charge in [0, 0.05) is 23.1 Å². The van der Waals surface area contributed by atoms with Crippen LogP contribution in [0.5, 0.6) is 11.5 Å². The molecule has 4 rings (SSSR count). The van der Waals surface area contributed by atoms with Crippen LogP contribution in [0.3, 0.4) is 0 Å². The summed E-state index contributed by atoms with van der Waals surface area (Å²) >= 11 is 0. The molecule has 0 aromatic heterocycles. The number of fused-ring (bicyclic) bond motifs is 2. The molecule has 0 saturated carbocycles. The Morgan fingerprint density at radius 1 is 0.943 bits per heavy atom. The Kier molecular flexibility index (Phi) is 8.01. The van der Waals surface area contributed by atoms with Gasteiger partial charge in [-0.25, -0.2) is 4.79 Å². The highest BCUT2D eigenvalue weighted by atomic mass is 16.5. The predicted molar refractivity (Wildman–Crippen MR) is 126 cm³/mol. The molecule has 1 unspecified atom stereocenters. The third kappa shape index (κ3) is 5.92. The van der Waals surface area contributed by atoms with Crippen molar-refractivity contribution in [2.24, 2.45) is 0 Å². The van der Waals surface area contributed by atoms with Crippen molar-refractivity contribution < 1.29 is 38.2 Å². The van der Waals surface area contributed by atoms with E-state index >= 15 is 0 Å². The summed E-state index contributed by atoms with van der Waals surface area (Å²) in [6, 6.07) is 9.24. The highest BCUT2D eigenvalue weighted by Crippen LogP contribution is 2.34. The molecule has 0 N–H and O–H groups in total. The summed E-state index contributed by atoms with van der Waals surface area (Å²) in [6.45, 7) is 6.48. The van der Waals surface area contributed by atoms with E-state index in [1.807, 2.05) is 0 Å². The van der Waals surface area contributed by atoms with Gasteiger partial charge >= 0.3 is 5.97 Å². The number of rotatable bonds is 5. The van der Waals surface area contributed by atoms with Gasteiger partial charge in [-0.1, -0.05) is 0 Å². The molecule has 0 spiro atoms. The van der Waals surface area contributed by atoms with Crippen molar-refractivity contribution in [1.82, 2.24) is 0 Å². The number of hydrogen-bond donors (Lipinski definition) is 0. The van der Waals surface area contributed by atoms with Gasteiger partial charge in [0.2, 0.25) is 0 Å². The van der Waals surface area contributed by atoms with Crippen LogP contribution < -0.4 is 14.4 Å². The highest BCUT2D eigenvalue weighted by molar-refractivity contribution is 6.04. The topological polar surface area (TPSA) is 116 Å². The Bertz CT molecular complexity index is 1190. The molecule has 35 heavy (non-hydrogen) atoms. The van der Waals surface area contributed by atoms with Crippen LogP contribution in [-0.4, -0.2) is 55.1 Å². The molecule has 9 heteroatoms. The Hall–Kier alpha value is -4.01. The van der Waals surface area contributed by atoms with Crippen molar-refractivity contribution in [2.45, 2.75) is 40.2 Å². The van der Waals surface area contributed by atoms with Crippen LogP contribution in [0, 0.1) is 0 Å². The minimum absolute atomic E-state index is 0.00539. The van der Waals surface area contributed by atoms with Gasteiger partial charge in [-0.05, 0) is 64.1 Å². The largest absolute Gasteiger partial charge is 0.486 e. The number of amides is 1. The van der Waals surface area contributed by atoms with Crippen molar-refractivity contribution >= 4 is 34.9 Å². The van der Waals surface area contributed by atoms with Gasteiger partial charge in [0.1, 0.15) is 24.1 Å². The summed E-state index contributed by atoms with van der Waals surface area (Å²) in [7, 11) is 0. The van der Waals surface area contributed by atoms with Crippen molar-refractivity contribution in [2.75, 3.05) is 24.7 Å². The first-order valence-corrected chi connectivity index (χ1v) is 11.2. The summed E-state index contributed by atoms with van der Waals surface area (Å²) in [5.41, 5.74) is 2.31. The molecule has 0 fully saturated rings. The number of Topliss-reactive ketones (excluding diaryl/α,β-unsaturated/α-hetero) is 3. The first-order chi connectivity index (χ1) is 16.6. The van der Waals surface area contributed by atoms with Crippen LogP contribution in [0.15, 0.2) is 36.4 Å². The fourth-order valence-electron chi connectivity index (χ4n) is 3.68. The molecule has 184 valence electrons. The highest BCUT2D eigenvalue weighted by Gasteiger charge is 2.34. The van der Waals surface area contributed by atoms with Crippen LogP contribution in [0.2, 0.25) is 0 Å². The van der Waals surface area contributed by atoms with E-state index in [4.69, 9.17) is 14.2 Å². The minimum atomic E-state index is -0.776. The molecular formula is C26H27NO8. The number of ether oxygens (including phenoxy) is 3. The Morgan fingerprint density at radius 2 is 1.54 bits per heavy atom. The second-order valence-corrected chi connectivity index (χ2v) is 8.10. The maximum atomic E-state index is 12.1. The zero-order valence-corrected chi connectivity index (χ0v) is 20.1. The van der Waals surface area contributed by atoms with E-state index in [0.717, 1.165) is 11.3 Å². The lowest BCUT2D eigenvalue weighted by molar-refractivity contribution is -0.145. The number of hydrogen-bond acceptors (Lipinski definition) is 8. The minimum Gasteiger partial charge on any atom is -0.486 e. The van der Waals surface area contributed by atoms with Crippen LogP contribution in [0.4, 0.5) is 5.69 Å². The summed E-state index contributed by atoms with van der Waals surface area (Å²) in [4.78, 5) is 59.0. The fraction of sp³-hybridized carbons (Fsp3) is 0.346. The number of carbonyl (C=O) groups excluding carboxylic acids is 5. The lowest BCUT2D eigenvalue weighted by Crippen LogP contribution is -2.48. The van der Waals surface area contributed by atoms with Gasteiger partial charge in [0.05, 0.1) is 12.3 Å². The van der Waals surface area contributed by atoms with Crippen molar-refractivity contribution in [3.63, 3.8) is 0 Å². The molecule has 9 nitrogen and oxygen atoms in total. The standard InChI is InChI=1S/C15H17NO5.C11H10O3/c1-4-20-15(19)9(2)16-12-7-11(10(3)17)5-6-13(12)21-8-14(16)18;1-7(12)8-2-3-11-9(4-8)5-10(13)6-14-11/h5-7,9H,4,8H2,1-3H3;2-4H,5-6H2,1H3. The summed E-state index contributed by atoms with van der Waals surface area (Å²) in [5, 5.41) is 0.